The summed E-state index contributed by atoms with van der Waals surface area (Å²) in [5.41, 5.74) is 0.266. The number of aliphatic hydroxyl groups is 1. The number of nitro benzene ring substituents is 1. The molecule has 0 unspecified atom stereocenters. The first-order valence-corrected chi connectivity index (χ1v) is 5.38. The quantitative estimate of drug-likeness (QED) is 0.516. The molecule has 0 aromatic heterocycles. The van der Waals surface area contributed by atoms with Crippen molar-refractivity contribution in [2.45, 2.75) is 6.42 Å². The lowest BCUT2D eigenvalue weighted by Crippen LogP contribution is -2.11. The van der Waals surface area contributed by atoms with Crippen molar-refractivity contribution in [2.75, 3.05) is 23.8 Å². The number of nitro groups is 1. The van der Waals surface area contributed by atoms with E-state index in [1.807, 2.05) is 0 Å². The molecule has 0 aliphatic rings. The Hall–Kier alpha value is -2.66. The lowest BCUT2D eigenvalue weighted by atomic mass is 10.2. The summed E-state index contributed by atoms with van der Waals surface area (Å²) in [5.74, 6) is -0.534. The second-order valence-corrected chi connectivity index (χ2v) is 3.52. The van der Waals surface area contributed by atoms with E-state index in [-0.39, 0.29) is 36.6 Å². The maximum atomic E-state index is 11.2. The molecule has 0 bridgehead atoms. The number of anilines is 2. The number of benzene rings is 1. The number of nitrogens with one attached hydrogen (secondary N) is 2. The maximum Gasteiger partial charge on any atom is 0.294 e. The highest BCUT2D eigenvalue weighted by molar-refractivity contribution is 5.92. The molecule has 0 saturated heterocycles. The standard InChI is InChI=1S/C11H12N4O4/c12-4-3-11(17)14-8-1-2-9(13-5-6-16)10(7-8)15(18)19/h1-2,7,13,16H,3,5-6H2,(H,14,17). The molecular weight excluding hydrogens is 252 g/mol. The highest BCUT2D eigenvalue weighted by atomic mass is 16.6. The van der Waals surface area contributed by atoms with Crippen LogP contribution < -0.4 is 10.6 Å². The van der Waals surface area contributed by atoms with Gasteiger partial charge in [-0.3, -0.25) is 14.9 Å². The van der Waals surface area contributed by atoms with Gasteiger partial charge in [0, 0.05) is 18.3 Å². The van der Waals surface area contributed by atoms with E-state index >= 15 is 0 Å². The van der Waals surface area contributed by atoms with Crippen LogP contribution in [0.5, 0.6) is 0 Å². The van der Waals surface area contributed by atoms with E-state index in [9.17, 15) is 14.9 Å². The fourth-order valence-corrected chi connectivity index (χ4v) is 1.38. The Morgan fingerprint density at radius 3 is 2.84 bits per heavy atom. The molecule has 0 radical (unpaired) electrons. The molecule has 1 aromatic rings. The van der Waals surface area contributed by atoms with Crippen LogP contribution in [0.1, 0.15) is 6.42 Å². The zero-order valence-corrected chi connectivity index (χ0v) is 9.92. The van der Waals surface area contributed by atoms with Gasteiger partial charge in [0.25, 0.3) is 5.69 Å². The van der Waals surface area contributed by atoms with Gasteiger partial charge >= 0.3 is 0 Å². The second-order valence-electron chi connectivity index (χ2n) is 3.52. The van der Waals surface area contributed by atoms with Crippen molar-refractivity contribution in [1.29, 1.82) is 5.26 Å². The van der Waals surface area contributed by atoms with Crippen molar-refractivity contribution in [1.82, 2.24) is 0 Å². The summed E-state index contributed by atoms with van der Waals surface area (Å²) in [6.07, 6.45) is -0.321. The number of nitrogens with zero attached hydrogens (tertiary/aromatic N) is 2. The predicted octanol–water partition coefficient (Wildman–Crippen LogP) is 0.851. The number of carbonyl (C=O) groups excluding carboxylic acids is 1. The average Bonchev–Trinajstić information content (AvgIpc) is 2.37. The maximum absolute atomic E-state index is 11.2. The summed E-state index contributed by atoms with van der Waals surface area (Å²) >= 11 is 0. The minimum absolute atomic E-state index is 0.155. The number of amides is 1. The van der Waals surface area contributed by atoms with Crippen molar-refractivity contribution in [3.8, 4) is 6.07 Å². The van der Waals surface area contributed by atoms with E-state index in [0.29, 0.717) is 0 Å². The largest absolute Gasteiger partial charge is 0.395 e. The van der Waals surface area contributed by atoms with Crippen LogP contribution in [-0.2, 0) is 4.79 Å². The van der Waals surface area contributed by atoms with Gasteiger partial charge in [-0.05, 0) is 12.1 Å². The summed E-state index contributed by atoms with van der Waals surface area (Å²) in [5, 5.41) is 33.0. The summed E-state index contributed by atoms with van der Waals surface area (Å²) < 4.78 is 0. The van der Waals surface area contributed by atoms with Gasteiger partial charge in [0.2, 0.25) is 5.91 Å². The van der Waals surface area contributed by atoms with Crippen LogP contribution in [0.15, 0.2) is 18.2 Å². The third-order valence-electron chi connectivity index (χ3n) is 2.15. The van der Waals surface area contributed by atoms with E-state index < -0.39 is 10.8 Å². The van der Waals surface area contributed by atoms with E-state index in [4.69, 9.17) is 10.4 Å². The second kappa shape index (κ2) is 6.93. The fourth-order valence-electron chi connectivity index (χ4n) is 1.38. The zero-order chi connectivity index (χ0) is 14.3. The number of hydrogen-bond donors (Lipinski definition) is 3. The summed E-state index contributed by atoms with van der Waals surface area (Å²) in [6, 6.07) is 5.77. The molecule has 1 rings (SSSR count). The molecule has 1 aromatic carbocycles. The van der Waals surface area contributed by atoms with Crippen LogP contribution in [0, 0.1) is 21.4 Å². The van der Waals surface area contributed by atoms with Gasteiger partial charge in [0.15, 0.2) is 0 Å². The molecule has 0 atom stereocenters. The van der Waals surface area contributed by atoms with Crippen LogP contribution in [-0.4, -0.2) is 29.1 Å². The molecule has 8 nitrogen and oxygen atoms in total. The summed E-state index contributed by atoms with van der Waals surface area (Å²) in [4.78, 5) is 21.5. The van der Waals surface area contributed by atoms with Crippen LogP contribution in [0.25, 0.3) is 0 Å². The SMILES string of the molecule is N#CCC(=O)Nc1ccc(NCCO)c([N+](=O)[O-])c1. The molecule has 0 saturated carbocycles. The van der Waals surface area contributed by atoms with Gasteiger partial charge in [-0.1, -0.05) is 0 Å². The van der Waals surface area contributed by atoms with Crippen molar-refractivity contribution in [3.63, 3.8) is 0 Å². The highest BCUT2D eigenvalue weighted by Crippen LogP contribution is 2.27. The van der Waals surface area contributed by atoms with Gasteiger partial charge < -0.3 is 15.7 Å². The molecule has 100 valence electrons. The Labute approximate surface area is 108 Å². The van der Waals surface area contributed by atoms with Gasteiger partial charge in [0.1, 0.15) is 12.1 Å². The zero-order valence-electron chi connectivity index (χ0n) is 9.92. The Morgan fingerprint density at radius 1 is 1.53 bits per heavy atom. The molecule has 19 heavy (non-hydrogen) atoms. The lowest BCUT2D eigenvalue weighted by Gasteiger charge is -2.08. The van der Waals surface area contributed by atoms with Crippen molar-refractivity contribution in [3.05, 3.63) is 28.3 Å². The lowest BCUT2D eigenvalue weighted by molar-refractivity contribution is -0.383. The predicted molar refractivity (Wildman–Crippen MR) is 67.5 cm³/mol. The van der Waals surface area contributed by atoms with Gasteiger partial charge in [-0.2, -0.15) is 5.26 Å². The highest BCUT2D eigenvalue weighted by Gasteiger charge is 2.15. The van der Waals surface area contributed by atoms with Crippen molar-refractivity contribution < 1.29 is 14.8 Å². The Balaban J connectivity index is 2.93. The number of hydrogen-bond acceptors (Lipinski definition) is 6. The Kier molecular flexibility index (Phi) is 5.25. The molecule has 0 aliphatic heterocycles. The summed E-state index contributed by atoms with van der Waals surface area (Å²) in [6.45, 7) is 0.0266. The molecule has 1 amide bonds. The van der Waals surface area contributed by atoms with Gasteiger partial charge in [-0.25, -0.2) is 0 Å². The van der Waals surface area contributed by atoms with Crippen molar-refractivity contribution >= 4 is 23.0 Å². The summed E-state index contributed by atoms with van der Waals surface area (Å²) in [7, 11) is 0. The average molecular weight is 264 g/mol. The molecule has 8 heteroatoms. The number of carbonyl (C=O) groups is 1. The first-order chi connectivity index (χ1) is 9.08. The molecular formula is C11H12N4O4. The fraction of sp³-hybridized carbons (Fsp3) is 0.273. The first kappa shape index (κ1) is 14.4. The molecule has 0 spiro atoms. The number of aliphatic hydroxyl groups excluding tert-OH is 1. The first-order valence-electron chi connectivity index (χ1n) is 5.38. The van der Waals surface area contributed by atoms with Gasteiger partial charge in [-0.15, -0.1) is 0 Å². The Bertz CT molecular complexity index is 524. The molecule has 0 heterocycles. The van der Waals surface area contributed by atoms with Gasteiger partial charge in [0.05, 0.1) is 17.6 Å². The van der Waals surface area contributed by atoms with Crippen LogP contribution in [0.2, 0.25) is 0 Å². The molecule has 3 N–H and O–H groups in total. The number of rotatable bonds is 6. The Morgan fingerprint density at radius 2 is 2.26 bits per heavy atom. The smallest absolute Gasteiger partial charge is 0.294 e. The van der Waals surface area contributed by atoms with E-state index in [0.717, 1.165) is 0 Å². The van der Waals surface area contributed by atoms with E-state index in [1.165, 1.54) is 18.2 Å². The topological polar surface area (TPSA) is 128 Å². The molecule has 0 fully saturated rings. The third-order valence-corrected chi connectivity index (χ3v) is 2.15. The van der Waals surface area contributed by atoms with E-state index in [2.05, 4.69) is 10.6 Å². The monoisotopic (exact) mass is 264 g/mol. The van der Waals surface area contributed by atoms with E-state index in [1.54, 1.807) is 6.07 Å². The number of nitriles is 1. The minimum atomic E-state index is -0.598. The minimum Gasteiger partial charge on any atom is -0.395 e. The van der Waals surface area contributed by atoms with Crippen LogP contribution in [0.4, 0.5) is 17.1 Å². The normalized spacial score (nSPS) is 9.47. The van der Waals surface area contributed by atoms with Crippen LogP contribution in [0.3, 0.4) is 0 Å². The van der Waals surface area contributed by atoms with Crippen LogP contribution >= 0.6 is 0 Å². The third kappa shape index (κ3) is 4.25. The van der Waals surface area contributed by atoms with Crippen molar-refractivity contribution in [2.24, 2.45) is 0 Å². The molecule has 0 aliphatic carbocycles.